The molecule has 0 amide bonds. The van der Waals surface area contributed by atoms with Crippen LogP contribution in [0.1, 0.15) is 4.88 Å². The Morgan fingerprint density at radius 2 is 2.25 bits per heavy atom. The van der Waals surface area contributed by atoms with Crippen molar-refractivity contribution >= 4 is 34.3 Å². The molecule has 7 heteroatoms. The number of hydrogen-bond donors (Lipinski definition) is 2. The molecule has 0 atom stereocenters. The molecule has 0 aliphatic rings. The largest absolute Gasteiger partial charge is 0.398 e. The molecular weight excluding hydrogens is 294 g/mol. The first kappa shape index (κ1) is 13.0. The van der Waals surface area contributed by atoms with Crippen LogP contribution in [0.2, 0.25) is 5.02 Å². The molecule has 3 N–H and O–H groups in total. The Labute approximate surface area is 125 Å². The molecule has 0 bridgehead atoms. The lowest BCUT2D eigenvalue weighted by Crippen LogP contribution is -2.05. The van der Waals surface area contributed by atoms with E-state index in [9.17, 15) is 0 Å². The number of thiophene rings is 1. The third-order valence-corrected chi connectivity index (χ3v) is 4.02. The highest BCUT2D eigenvalue weighted by Crippen LogP contribution is 2.26. The molecule has 5 nitrogen and oxygen atoms in total. The van der Waals surface area contributed by atoms with Gasteiger partial charge >= 0.3 is 0 Å². The SMILES string of the molecule is Nc1ccsc1CNc1cc(Cl)ccc1-n1cncn1. The molecule has 20 heavy (non-hydrogen) atoms. The van der Waals surface area contributed by atoms with Gasteiger partial charge < -0.3 is 11.1 Å². The number of halogens is 1. The second kappa shape index (κ2) is 5.52. The Kier molecular flexibility index (Phi) is 3.58. The number of nitrogen functional groups attached to an aromatic ring is 1. The van der Waals surface area contributed by atoms with E-state index in [0.29, 0.717) is 11.6 Å². The van der Waals surface area contributed by atoms with Gasteiger partial charge in [-0.1, -0.05) is 11.6 Å². The van der Waals surface area contributed by atoms with Gasteiger partial charge in [0.05, 0.1) is 17.9 Å². The second-order valence-corrected chi connectivity index (χ2v) is 5.59. The van der Waals surface area contributed by atoms with Crippen LogP contribution in [0, 0.1) is 0 Å². The normalized spacial score (nSPS) is 10.7. The monoisotopic (exact) mass is 305 g/mol. The number of nitrogens with zero attached hydrogens (tertiary/aromatic N) is 3. The number of aromatic nitrogens is 3. The lowest BCUT2D eigenvalue weighted by Gasteiger charge is -2.12. The minimum absolute atomic E-state index is 0.644. The molecule has 3 rings (SSSR count). The van der Waals surface area contributed by atoms with Crippen molar-refractivity contribution in [2.75, 3.05) is 11.1 Å². The van der Waals surface area contributed by atoms with Crippen LogP contribution in [-0.2, 0) is 6.54 Å². The molecule has 2 heterocycles. The highest BCUT2D eigenvalue weighted by molar-refractivity contribution is 7.10. The van der Waals surface area contributed by atoms with E-state index in [1.54, 1.807) is 22.3 Å². The molecule has 0 spiro atoms. The molecule has 2 aromatic heterocycles. The van der Waals surface area contributed by atoms with Gasteiger partial charge in [-0.3, -0.25) is 0 Å². The van der Waals surface area contributed by atoms with E-state index in [0.717, 1.165) is 21.9 Å². The van der Waals surface area contributed by atoms with Crippen molar-refractivity contribution in [1.29, 1.82) is 0 Å². The molecular formula is C13H12ClN5S. The minimum atomic E-state index is 0.644. The van der Waals surface area contributed by atoms with E-state index >= 15 is 0 Å². The van der Waals surface area contributed by atoms with Gasteiger partial charge in [0.25, 0.3) is 0 Å². The van der Waals surface area contributed by atoms with E-state index in [1.165, 1.54) is 6.33 Å². The summed E-state index contributed by atoms with van der Waals surface area (Å²) in [4.78, 5) is 5.05. The number of nitrogens with two attached hydrogens (primary N) is 1. The van der Waals surface area contributed by atoms with Gasteiger partial charge in [0.2, 0.25) is 0 Å². The first-order chi connectivity index (χ1) is 9.74. The molecule has 0 saturated carbocycles. The number of nitrogens with one attached hydrogen (secondary N) is 1. The fourth-order valence-corrected chi connectivity index (χ4v) is 2.76. The van der Waals surface area contributed by atoms with Crippen molar-refractivity contribution in [1.82, 2.24) is 14.8 Å². The molecule has 0 aliphatic heterocycles. The summed E-state index contributed by atoms with van der Waals surface area (Å²) in [7, 11) is 0. The molecule has 0 saturated heterocycles. The van der Waals surface area contributed by atoms with Crippen molar-refractivity contribution in [3.05, 3.63) is 52.2 Å². The topological polar surface area (TPSA) is 68.8 Å². The van der Waals surface area contributed by atoms with Crippen molar-refractivity contribution in [3.8, 4) is 5.69 Å². The lowest BCUT2D eigenvalue weighted by atomic mass is 10.2. The third kappa shape index (κ3) is 2.61. The summed E-state index contributed by atoms with van der Waals surface area (Å²) in [5, 5.41) is 10.1. The second-order valence-electron chi connectivity index (χ2n) is 4.15. The predicted molar refractivity (Wildman–Crippen MR) is 82.4 cm³/mol. The molecule has 0 unspecified atom stereocenters. The van der Waals surface area contributed by atoms with Gasteiger partial charge in [0, 0.05) is 15.6 Å². The maximum Gasteiger partial charge on any atom is 0.138 e. The van der Waals surface area contributed by atoms with Gasteiger partial charge in [-0.2, -0.15) is 5.10 Å². The zero-order valence-corrected chi connectivity index (χ0v) is 12.0. The maximum atomic E-state index is 6.06. The molecule has 1 aromatic carbocycles. The van der Waals surface area contributed by atoms with Crippen molar-refractivity contribution < 1.29 is 0 Å². The fraction of sp³-hybridized carbons (Fsp3) is 0.0769. The fourth-order valence-electron chi connectivity index (χ4n) is 1.85. The Morgan fingerprint density at radius 1 is 1.35 bits per heavy atom. The van der Waals surface area contributed by atoms with Crippen LogP contribution in [0.15, 0.2) is 42.3 Å². The van der Waals surface area contributed by atoms with E-state index in [4.69, 9.17) is 17.3 Å². The van der Waals surface area contributed by atoms with Gasteiger partial charge in [0.15, 0.2) is 0 Å². The summed E-state index contributed by atoms with van der Waals surface area (Å²) < 4.78 is 1.69. The zero-order chi connectivity index (χ0) is 13.9. The smallest absolute Gasteiger partial charge is 0.138 e. The minimum Gasteiger partial charge on any atom is -0.398 e. The van der Waals surface area contributed by atoms with Gasteiger partial charge in [-0.05, 0) is 29.6 Å². The first-order valence-corrected chi connectivity index (χ1v) is 7.20. The quantitative estimate of drug-likeness (QED) is 0.777. The maximum absolute atomic E-state index is 6.06. The van der Waals surface area contributed by atoms with Crippen molar-refractivity contribution in [2.45, 2.75) is 6.54 Å². The summed E-state index contributed by atoms with van der Waals surface area (Å²) in [6, 6.07) is 7.49. The van der Waals surface area contributed by atoms with Crippen molar-refractivity contribution in [3.63, 3.8) is 0 Å². The average Bonchev–Trinajstić information content (AvgIpc) is 3.08. The average molecular weight is 306 g/mol. The molecule has 102 valence electrons. The summed E-state index contributed by atoms with van der Waals surface area (Å²) in [6.45, 7) is 0.644. The molecule has 0 radical (unpaired) electrons. The van der Waals surface area contributed by atoms with E-state index < -0.39 is 0 Å². The van der Waals surface area contributed by atoms with Crippen molar-refractivity contribution in [2.24, 2.45) is 0 Å². The summed E-state index contributed by atoms with van der Waals surface area (Å²) in [5.74, 6) is 0. The number of rotatable bonds is 4. The number of hydrogen-bond acceptors (Lipinski definition) is 5. The Balaban J connectivity index is 1.88. The Hall–Kier alpha value is -2.05. The van der Waals surface area contributed by atoms with Crippen LogP contribution < -0.4 is 11.1 Å². The zero-order valence-electron chi connectivity index (χ0n) is 10.5. The third-order valence-electron chi connectivity index (χ3n) is 2.84. The summed E-state index contributed by atoms with van der Waals surface area (Å²) >= 11 is 7.68. The number of benzene rings is 1. The van der Waals surface area contributed by atoms with Gasteiger partial charge in [-0.25, -0.2) is 9.67 Å². The van der Waals surface area contributed by atoms with Crippen LogP contribution in [-0.4, -0.2) is 14.8 Å². The van der Waals surface area contributed by atoms with E-state index in [1.807, 2.05) is 29.6 Å². The first-order valence-electron chi connectivity index (χ1n) is 5.94. The summed E-state index contributed by atoms with van der Waals surface area (Å²) in [5.41, 5.74) is 8.46. The van der Waals surface area contributed by atoms with E-state index in [2.05, 4.69) is 15.4 Å². The predicted octanol–water partition coefficient (Wildman–Crippen LogP) is 3.18. The lowest BCUT2D eigenvalue weighted by molar-refractivity contribution is 0.878. The van der Waals surface area contributed by atoms with Crippen LogP contribution in [0.4, 0.5) is 11.4 Å². The summed E-state index contributed by atoms with van der Waals surface area (Å²) in [6.07, 6.45) is 3.14. The van der Waals surface area contributed by atoms with Crippen LogP contribution in [0.25, 0.3) is 5.69 Å². The van der Waals surface area contributed by atoms with Crippen LogP contribution >= 0.6 is 22.9 Å². The van der Waals surface area contributed by atoms with Crippen LogP contribution in [0.5, 0.6) is 0 Å². The Morgan fingerprint density at radius 3 is 2.95 bits per heavy atom. The van der Waals surface area contributed by atoms with Gasteiger partial charge in [0.1, 0.15) is 12.7 Å². The van der Waals surface area contributed by atoms with E-state index in [-0.39, 0.29) is 0 Å². The Bertz CT molecular complexity index is 707. The number of anilines is 2. The molecule has 0 aliphatic carbocycles. The highest BCUT2D eigenvalue weighted by atomic mass is 35.5. The highest BCUT2D eigenvalue weighted by Gasteiger charge is 2.07. The van der Waals surface area contributed by atoms with Crippen LogP contribution in [0.3, 0.4) is 0 Å². The molecule has 0 fully saturated rings. The standard InChI is InChI=1S/C13H12ClN5S/c14-9-1-2-12(19-8-16-7-18-19)11(5-9)17-6-13-10(15)3-4-20-13/h1-5,7-8,17H,6,15H2. The van der Waals surface area contributed by atoms with Gasteiger partial charge in [-0.15, -0.1) is 11.3 Å². The molecule has 3 aromatic rings.